The summed E-state index contributed by atoms with van der Waals surface area (Å²) in [6.07, 6.45) is 3.51. The Hall–Kier alpha value is -2.27. The maximum absolute atomic E-state index is 6.35. The van der Waals surface area contributed by atoms with Crippen LogP contribution in [0.5, 0.6) is 0 Å². The Labute approximate surface area is 121 Å². The van der Waals surface area contributed by atoms with Gasteiger partial charge in [-0.1, -0.05) is 11.6 Å². The summed E-state index contributed by atoms with van der Waals surface area (Å²) in [4.78, 5) is 11.8. The van der Waals surface area contributed by atoms with Crippen LogP contribution in [0, 0.1) is 0 Å². The fraction of sp³-hybridized carbons (Fsp3) is 0.143. The summed E-state index contributed by atoms with van der Waals surface area (Å²) in [5.41, 5.74) is 3.62. The van der Waals surface area contributed by atoms with Crippen LogP contribution in [0.3, 0.4) is 0 Å². The first-order valence-electron chi connectivity index (χ1n) is 6.22. The van der Waals surface area contributed by atoms with Gasteiger partial charge in [0.05, 0.1) is 16.9 Å². The molecule has 0 aromatic carbocycles. The average molecular weight is 288 g/mol. The van der Waals surface area contributed by atoms with Gasteiger partial charge in [0.25, 0.3) is 0 Å². The van der Waals surface area contributed by atoms with Crippen molar-refractivity contribution in [2.24, 2.45) is 0 Å². The molecule has 3 aromatic rings. The zero-order valence-electron chi connectivity index (χ0n) is 11.2. The first-order chi connectivity index (χ1) is 9.72. The van der Waals surface area contributed by atoms with Crippen LogP contribution in [0.1, 0.15) is 0 Å². The maximum atomic E-state index is 6.35. The van der Waals surface area contributed by atoms with Crippen molar-refractivity contribution in [3.05, 3.63) is 35.6 Å². The topological polar surface area (TPSA) is 65.6 Å². The number of aromatic nitrogens is 3. The highest BCUT2D eigenvalue weighted by Gasteiger charge is 2.11. The predicted octanol–water partition coefficient (Wildman–Crippen LogP) is 3.36. The Balaban J connectivity index is 2.15. The summed E-state index contributed by atoms with van der Waals surface area (Å²) < 4.78 is 0. The normalized spacial score (nSPS) is 10.8. The summed E-state index contributed by atoms with van der Waals surface area (Å²) in [7, 11) is 3.67. The van der Waals surface area contributed by atoms with Crippen molar-refractivity contribution in [2.45, 2.75) is 0 Å². The van der Waals surface area contributed by atoms with Crippen LogP contribution in [0.2, 0.25) is 5.02 Å². The minimum atomic E-state index is 0.593. The molecular formula is C14H14ClN5. The van der Waals surface area contributed by atoms with Crippen LogP contribution >= 0.6 is 11.6 Å². The van der Waals surface area contributed by atoms with Gasteiger partial charge in [0.1, 0.15) is 11.5 Å². The molecule has 0 fully saturated rings. The first-order valence-corrected chi connectivity index (χ1v) is 6.60. The molecular weight excluding hydrogens is 274 g/mol. The molecule has 20 heavy (non-hydrogen) atoms. The summed E-state index contributed by atoms with van der Waals surface area (Å²) in [5.74, 6) is 0.659. The van der Waals surface area contributed by atoms with Crippen LogP contribution < -0.4 is 10.6 Å². The van der Waals surface area contributed by atoms with E-state index in [1.54, 1.807) is 19.4 Å². The molecule has 0 atom stereocenters. The largest absolute Gasteiger partial charge is 0.387 e. The molecule has 0 saturated carbocycles. The van der Waals surface area contributed by atoms with E-state index in [9.17, 15) is 0 Å². The number of aromatic amines is 1. The van der Waals surface area contributed by atoms with E-state index in [1.165, 1.54) is 0 Å². The predicted molar refractivity (Wildman–Crippen MR) is 83.4 cm³/mol. The number of nitrogens with one attached hydrogen (secondary N) is 3. The van der Waals surface area contributed by atoms with E-state index in [2.05, 4.69) is 25.6 Å². The van der Waals surface area contributed by atoms with Gasteiger partial charge in [0.2, 0.25) is 0 Å². The molecule has 6 heteroatoms. The quantitative estimate of drug-likeness (QED) is 0.691. The van der Waals surface area contributed by atoms with E-state index in [-0.39, 0.29) is 0 Å². The van der Waals surface area contributed by atoms with Gasteiger partial charge in [0.15, 0.2) is 0 Å². The number of hydrogen-bond acceptors (Lipinski definition) is 4. The fourth-order valence-electron chi connectivity index (χ4n) is 2.12. The van der Waals surface area contributed by atoms with Gasteiger partial charge < -0.3 is 15.6 Å². The highest BCUT2D eigenvalue weighted by atomic mass is 35.5. The van der Waals surface area contributed by atoms with Crippen LogP contribution in [-0.2, 0) is 0 Å². The van der Waals surface area contributed by atoms with Gasteiger partial charge in [0, 0.05) is 36.9 Å². The van der Waals surface area contributed by atoms with Gasteiger partial charge in [-0.15, -0.1) is 0 Å². The van der Waals surface area contributed by atoms with Gasteiger partial charge in [-0.25, -0.2) is 9.97 Å². The van der Waals surface area contributed by atoms with Crippen molar-refractivity contribution in [3.8, 4) is 11.3 Å². The molecule has 0 aliphatic heterocycles. The SMILES string of the molecule is CNc1cnc2[nH]c(-c3ccnc(NC)c3Cl)cc2c1. The number of halogens is 1. The zero-order chi connectivity index (χ0) is 14.1. The van der Waals surface area contributed by atoms with E-state index in [0.717, 1.165) is 28.0 Å². The molecule has 3 rings (SSSR count). The van der Waals surface area contributed by atoms with Crippen LogP contribution in [0.25, 0.3) is 22.3 Å². The fourth-order valence-corrected chi connectivity index (χ4v) is 2.43. The van der Waals surface area contributed by atoms with Gasteiger partial charge >= 0.3 is 0 Å². The summed E-state index contributed by atoms with van der Waals surface area (Å²) >= 11 is 6.35. The van der Waals surface area contributed by atoms with Gasteiger partial charge in [-0.2, -0.15) is 0 Å². The van der Waals surface area contributed by atoms with Gasteiger partial charge in [-0.3, -0.25) is 0 Å². The number of pyridine rings is 2. The molecule has 3 heterocycles. The molecule has 3 aromatic heterocycles. The van der Waals surface area contributed by atoms with Crippen LogP contribution in [-0.4, -0.2) is 29.0 Å². The van der Waals surface area contributed by atoms with Crippen molar-refractivity contribution in [2.75, 3.05) is 24.7 Å². The lowest BCUT2D eigenvalue weighted by Crippen LogP contribution is -1.94. The number of anilines is 2. The Morgan fingerprint density at radius 2 is 2.00 bits per heavy atom. The molecule has 0 aliphatic rings. The molecule has 0 unspecified atom stereocenters. The number of H-pyrrole nitrogens is 1. The molecule has 0 saturated heterocycles. The molecule has 0 amide bonds. The minimum absolute atomic E-state index is 0.593. The summed E-state index contributed by atoms with van der Waals surface area (Å²) in [5, 5.41) is 7.68. The molecule has 102 valence electrons. The minimum Gasteiger partial charge on any atom is -0.387 e. The Kier molecular flexibility index (Phi) is 3.20. The third-order valence-electron chi connectivity index (χ3n) is 3.17. The third kappa shape index (κ3) is 2.06. The van der Waals surface area contributed by atoms with Crippen LogP contribution in [0.4, 0.5) is 11.5 Å². The number of fused-ring (bicyclic) bond motifs is 1. The molecule has 5 nitrogen and oxygen atoms in total. The standard InChI is InChI=1S/C14H14ClN5/c1-16-9-5-8-6-11(20-13(8)19-7-9)10-3-4-18-14(17-2)12(10)15/h3-7,16H,1-2H3,(H,17,18)(H,19,20). The van der Waals surface area contributed by atoms with Crippen molar-refractivity contribution >= 4 is 34.1 Å². The smallest absolute Gasteiger partial charge is 0.145 e. The van der Waals surface area contributed by atoms with Crippen molar-refractivity contribution in [3.63, 3.8) is 0 Å². The second kappa shape index (κ2) is 5.02. The van der Waals surface area contributed by atoms with E-state index < -0.39 is 0 Å². The van der Waals surface area contributed by atoms with E-state index in [1.807, 2.05) is 25.2 Å². The van der Waals surface area contributed by atoms with Crippen molar-refractivity contribution in [1.29, 1.82) is 0 Å². The molecule has 0 bridgehead atoms. The van der Waals surface area contributed by atoms with Crippen molar-refractivity contribution in [1.82, 2.24) is 15.0 Å². The zero-order valence-corrected chi connectivity index (χ0v) is 11.9. The second-order valence-electron chi connectivity index (χ2n) is 4.37. The molecule has 3 N–H and O–H groups in total. The van der Waals surface area contributed by atoms with E-state index in [4.69, 9.17) is 11.6 Å². The third-order valence-corrected chi connectivity index (χ3v) is 3.56. The Morgan fingerprint density at radius 3 is 2.75 bits per heavy atom. The summed E-state index contributed by atoms with van der Waals surface area (Å²) in [6, 6.07) is 5.95. The lowest BCUT2D eigenvalue weighted by atomic mass is 10.2. The number of rotatable bonds is 3. The lowest BCUT2D eigenvalue weighted by Gasteiger charge is -2.06. The first kappa shape index (κ1) is 12.7. The highest BCUT2D eigenvalue weighted by Crippen LogP contribution is 2.33. The second-order valence-corrected chi connectivity index (χ2v) is 4.74. The monoisotopic (exact) mass is 287 g/mol. The Bertz CT molecular complexity index is 765. The van der Waals surface area contributed by atoms with Gasteiger partial charge in [-0.05, 0) is 18.2 Å². The molecule has 0 spiro atoms. The lowest BCUT2D eigenvalue weighted by molar-refractivity contribution is 1.27. The Morgan fingerprint density at radius 1 is 1.15 bits per heavy atom. The van der Waals surface area contributed by atoms with E-state index >= 15 is 0 Å². The number of nitrogens with zero attached hydrogens (tertiary/aromatic N) is 2. The molecule has 0 aliphatic carbocycles. The van der Waals surface area contributed by atoms with E-state index in [0.29, 0.717) is 10.8 Å². The maximum Gasteiger partial charge on any atom is 0.145 e. The summed E-state index contributed by atoms with van der Waals surface area (Å²) in [6.45, 7) is 0. The number of hydrogen-bond donors (Lipinski definition) is 3. The highest BCUT2D eigenvalue weighted by molar-refractivity contribution is 6.35. The van der Waals surface area contributed by atoms with Crippen LogP contribution in [0.15, 0.2) is 30.6 Å². The average Bonchev–Trinajstić information content (AvgIpc) is 2.89. The molecule has 0 radical (unpaired) electrons. The van der Waals surface area contributed by atoms with Crippen molar-refractivity contribution < 1.29 is 0 Å².